The number of rotatable bonds is 3. The lowest BCUT2D eigenvalue weighted by atomic mass is 10.1. The van der Waals surface area contributed by atoms with Crippen molar-refractivity contribution >= 4 is 0 Å². The summed E-state index contributed by atoms with van der Waals surface area (Å²) in [5.41, 5.74) is 1.31. The molecule has 0 radical (unpaired) electrons. The molecular formula is C13H19NO2. The Hall–Kier alpha value is -0.900. The van der Waals surface area contributed by atoms with Gasteiger partial charge in [0, 0.05) is 19.1 Å². The molecule has 88 valence electrons. The average molecular weight is 221 g/mol. The van der Waals surface area contributed by atoms with Crippen LogP contribution in [0, 0.1) is 0 Å². The summed E-state index contributed by atoms with van der Waals surface area (Å²) in [6.07, 6.45) is -0.0279. The van der Waals surface area contributed by atoms with E-state index in [-0.39, 0.29) is 12.7 Å². The highest BCUT2D eigenvalue weighted by molar-refractivity contribution is 5.14. The Kier molecular flexibility index (Phi) is 3.93. The Morgan fingerprint density at radius 2 is 2.12 bits per heavy atom. The highest BCUT2D eigenvalue weighted by Gasteiger charge is 2.25. The second-order valence-electron chi connectivity index (χ2n) is 4.40. The minimum Gasteiger partial charge on any atom is -0.394 e. The zero-order valence-corrected chi connectivity index (χ0v) is 9.67. The summed E-state index contributed by atoms with van der Waals surface area (Å²) in [5.74, 6) is 0. The van der Waals surface area contributed by atoms with Gasteiger partial charge in [-0.2, -0.15) is 0 Å². The van der Waals surface area contributed by atoms with Gasteiger partial charge in [-0.1, -0.05) is 30.3 Å². The third-order valence-corrected chi connectivity index (χ3v) is 3.07. The van der Waals surface area contributed by atoms with E-state index in [9.17, 15) is 0 Å². The second kappa shape index (κ2) is 5.43. The van der Waals surface area contributed by atoms with E-state index in [0.717, 1.165) is 13.1 Å². The van der Waals surface area contributed by atoms with Gasteiger partial charge in [0.05, 0.1) is 19.3 Å². The lowest BCUT2D eigenvalue weighted by Gasteiger charge is -2.37. The first-order valence-electron chi connectivity index (χ1n) is 5.80. The normalized spacial score (nSPS) is 26.9. The summed E-state index contributed by atoms with van der Waals surface area (Å²) in [6.45, 7) is 4.72. The van der Waals surface area contributed by atoms with Gasteiger partial charge >= 0.3 is 0 Å². The fourth-order valence-corrected chi connectivity index (χ4v) is 2.02. The van der Waals surface area contributed by atoms with Gasteiger partial charge < -0.3 is 9.84 Å². The van der Waals surface area contributed by atoms with Gasteiger partial charge in [0.15, 0.2) is 0 Å². The molecule has 1 saturated heterocycles. The minimum atomic E-state index is -0.0279. The molecule has 0 aromatic heterocycles. The van der Waals surface area contributed by atoms with E-state index in [0.29, 0.717) is 12.6 Å². The predicted octanol–water partition coefficient (Wildman–Crippen LogP) is 1.27. The third kappa shape index (κ3) is 2.82. The number of aliphatic hydroxyl groups excluding tert-OH is 1. The van der Waals surface area contributed by atoms with E-state index in [1.165, 1.54) is 5.56 Å². The van der Waals surface area contributed by atoms with Crippen molar-refractivity contribution in [2.75, 3.05) is 19.8 Å². The van der Waals surface area contributed by atoms with Crippen molar-refractivity contribution in [1.82, 2.24) is 4.90 Å². The number of morpholine rings is 1. The summed E-state index contributed by atoms with van der Waals surface area (Å²) in [5, 5.41) is 9.11. The molecule has 2 rings (SSSR count). The Bertz CT molecular complexity index is 315. The van der Waals surface area contributed by atoms with E-state index in [1.54, 1.807) is 0 Å². The molecule has 3 heteroatoms. The zero-order valence-electron chi connectivity index (χ0n) is 9.67. The molecule has 1 aromatic carbocycles. The van der Waals surface area contributed by atoms with Gasteiger partial charge in [0.2, 0.25) is 0 Å². The van der Waals surface area contributed by atoms with Crippen molar-refractivity contribution in [3.05, 3.63) is 35.9 Å². The molecule has 1 aromatic rings. The zero-order chi connectivity index (χ0) is 11.4. The molecule has 1 unspecified atom stereocenters. The second-order valence-corrected chi connectivity index (χ2v) is 4.40. The van der Waals surface area contributed by atoms with Crippen LogP contribution in [0.3, 0.4) is 0 Å². The van der Waals surface area contributed by atoms with Gasteiger partial charge in [0.1, 0.15) is 0 Å². The van der Waals surface area contributed by atoms with Crippen LogP contribution in [-0.2, 0) is 11.3 Å². The third-order valence-electron chi connectivity index (χ3n) is 3.07. The average Bonchev–Trinajstić information content (AvgIpc) is 2.33. The van der Waals surface area contributed by atoms with Crippen molar-refractivity contribution in [2.24, 2.45) is 0 Å². The van der Waals surface area contributed by atoms with Gasteiger partial charge in [-0.15, -0.1) is 0 Å². The smallest absolute Gasteiger partial charge is 0.0933 e. The van der Waals surface area contributed by atoms with Crippen molar-refractivity contribution < 1.29 is 9.84 Å². The van der Waals surface area contributed by atoms with Gasteiger partial charge in [0.25, 0.3) is 0 Å². The minimum absolute atomic E-state index is 0.0279. The lowest BCUT2D eigenvalue weighted by molar-refractivity contribution is -0.0805. The van der Waals surface area contributed by atoms with Crippen molar-refractivity contribution in [1.29, 1.82) is 0 Å². The Morgan fingerprint density at radius 3 is 2.81 bits per heavy atom. The number of nitrogens with zero attached hydrogens (tertiary/aromatic N) is 1. The van der Waals surface area contributed by atoms with Crippen molar-refractivity contribution in [2.45, 2.75) is 25.6 Å². The molecule has 1 aliphatic heterocycles. The maximum absolute atomic E-state index is 9.11. The summed E-state index contributed by atoms with van der Waals surface area (Å²) in [4.78, 5) is 2.36. The van der Waals surface area contributed by atoms with Crippen molar-refractivity contribution in [3.8, 4) is 0 Å². The van der Waals surface area contributed by atoms with E-state index >= 15 is 0 Å². The molecule has 1 aliphatic rings. The Labute approximate surface area is 96.6 Å². The number of hydrogen-bond acceptors (Lipinski definition) is 3. The van der Waals surface area contributed by atoms with Gasteiger partial charge in [-0.25, -0.2) is 0 Å². The quantitative estimate of drug-likeness (QED) is 0.834. The van der Waals surface area contributed by atoms with Crippen LogP contribution in [0.25, 0.3) is 0 Å². The van der Waals surface area contributed by atoms with Crippen LogP contribution in [-0.4, -0.2) is 41.9 Å². The SMILES string of the molecule is CC1CO[C@@H](CO)CN1Cc1ccccc1. The van der Waals surface area contributed by atoms with Crippen LogP contribution in [0.15, 0.2) is 30.3 Å². The van der Waals surface area contributed by atoms with Crippen LogP contribution in [0.1, 0.15) is 12.5 Å². The standard InChI is InChI=1S/C13H19NO2/c1-11-10-16-13(9-15)8-14(11)7-12-5-3-2-4-6-12/h2-6,11,13,15H,7-10H2,1H3/t11?,13-/m1/s1. The summed E-state index contributed by atoms with van der Waals surface area (Å²) in [6, 6.07) is 10.8. The molecule has 16 heavy (non-hydrogen) atoms. The van der Waals surface area contributed by atoms with E-state index < -0.39 is 0 Å². The van der Waals surface area contributed by atoms with Crippen LogP contribution >= 0.6 is 0 Å². The van der Waals surface area contributed by atoms with Crippen molar-refractivity contribution in [3.63, 3.8) is 0 Å². The number of ether oxygens (including phenoxy) is 1. The van der Waals surface area contributed by atoms with E-state index in [1.807, 2.05) is 6.07 Å². The predicted molar refractivity (Wildman–Crippen MR) is 63.1 cm³/mol. The Morgan fingerprint density at radius 1 is 1.38 bits per heavy atom. The lowest BCUT2D eigenvalue weighted by Crippen LogP contribution is -2.48. The number of aliphatic hydroxyl groups is 1. The monoisotopic (exact) mass is 221 g/mol. The molecule has 1 fully saturated rings. The molecule has 2 atom stereocenters. The van der Waals surface area contributed by atoms with Gasteiger partial charge in [-0.05, 0) is 12.5 Å². The molecule has 1 N–H and O–H groups in total. The summed E-state index contributed by atoms with van der Waals surface area (Å²) < 4.78 is 5.52. The highest BCUT2D eigenvalue weighted by Crippen LogP contribution is 2.15. The maximum Gasteiger partial charge on any atom is 0.0933 e. The fourth-order valence-electron chi connectivity index (χ4n) is 2.02. The van der Waals surface area contributed by atoms with Crippen LogP contribution < -0.4 is 0 Å². The molecule has 0 saturated carbocycles. The molecule has 3 nitrogen and oxygen atoms in total. The van der Waals surface area contributed by atoms with E-state index in [2.05, 4.69) is 36.1 Å². The first kappa shape index (κ1) is 11.6. The fraction of sp³-hybridized carbons (Fsp3) is 0.538. The molecule has 0 aliphatic carbocycles. The first-order chi connectivity index (χ1) is 7.79. The maximum atomic E-state index is 9.11. The van der Waals surface area contributed by atoms with Crippen LogP contribution in [0.4, 0.5) is 0 Å². The van der Waals surface area contributed by atoms with Gasteiger partial charge in [-0.3, -0.25) is 4.90 Å². The largest absolute Gasteiger partial charge is 0.394 e. The molecular weight excluding hydrogens is 202 g/mol. The Balaban J connectivity index is 1.97. The summed E-state index contributed by atoms with van der Waals surface area (Å²) >= 11 is 0. The molecule has 0 spiro atoms. The first-order valence-corrected chi connectivity index (χ1v) is 5.80. The summed E-state index contributed by atoms with van der Waals surface area (Å²) in [7, 11) is 0. The van der Waals surface area contributed by atoms with Crippen LogP contribution in [0.2, 0.25) is 0 Å². The number of hydrogen-bond donors (Lipinski definition) is 1. The highest BCUT2D eigenvalue weighted by atomic mass is 16.5. The van der Waals surface area contributed by atoms with E-state index in [4.69, 9.17) is 9.84 Å². The van der Waals surface area contributed by atoms with Crippen LogP contribution in [0.5, 0.6) is 0 Å². The topological polar surface area (TPSA) is 32.7 Å². The molecule has 1 heterocycles. The molecule has 0 amide bonds. The molecule has 0 bridgehead atoms. The number of benzene rings is 1.